The molecule has 0 aromatic carbocycles. The van der Waals surface area contributed by atoms with Gasteiger partial charge in [0.15, 0.2) is 0 Å². The van der Waals surface area contributed by atoms with Gasteiger partial charge in [0.25, 0.3) is 0 Å². The van der Waals surface area contributed by atoms with Gasteiger partial charge in [0.1, 0.15) is 5.01 Å². The van der Waals surface area contributed by atoms with E-state index in [9.17, 15) is 5.11 Å². The van der Waals surface area contributed by atoms with Gasteiger partial charge in [-0.25, -0.2) is 0 Å². The molecule has 5 heteroatoms. The summed E-state index contributed by atoms with van der Waals surface area (Å²) in [5, 5.41) is 19.5. The largest absolute Gasteiger partial charge is 0.391 e. The molecule has 0 spiro atoms. The van der Waals surface area contributed by atoms with Crippen LogP contribution in [0.2, 0.25) is 0 Å². The minimum absolute atomic E-state index is 0.218. The molecule has 0 bridgehead atoms. The quantitative estimate of drug-likeness (QED) is 0.722. The fourth-order valence-electron chi connectivity index (χ4n) is 1.52. The summed E-state index contributed by atoms with van der Waals surface area (Å²) < 4.78 is 0. The van der Waals surface area contributed by atoms with E-state index in [0.717, 1.165) is 16.7 Å². The molecule has 2 unspecified atom stereocenters. The van der Waals surface area contributed by atoms with Crippen LogP contribution in [0.1, 0.15) is 11.9 Å². The lowest BCUT2D eigenvalue weighted by atomic mass is 10.1. The Hall–Kier alpha value is -0.680. The third kappa shape index (κ3) is 1.66. The molecule has 1 aromatic rings. The monoisotopic (exact) mass is 199 g/mol. The molecule has 1 aliphatic heterocycles. The highest BCUT2D eigenvalue weighted by Crippen LogP contribution is 2.26. The molecule has 1 saturated heterocycles. The van der Waals surface area contributed by atoms with Crippen LogP contribution in [0.25, 0.3) is 0 Å². The second kappa shape index (κ2) is 3.23. The van der Waals surface area contributed by atoms with Crippen LogP contribution in [-0.4, -0.2) is 34.5 Å². The predicted molar refractivity (Wildman–Crippen MR) is 52.0 cm³/mol. The number of anilines is 1. The van der Waals surface area contributed by atoms with Crippen molar-refractivity contribution in [1.82, 2.24) is 10.2 Å². The van der Waals surface area contributed by atoms with Crippen molar-refractivity contribution in [3.8, 4) is 0 Å². The summed E-state index contributed by atoms with van der Waals surface area (Å²) >= 11 is 1.58. The molecule has 0 aliphatic carbocycles. The zero-order valence-electron chi connectivity index (χ0n) is 7.77. The van der Waals surface area contributed by atoms with Gasteiger partial charge in [-0.1, -0.05) is 18.3 Å². The van der Waals surface area contributed by atoms with Crippen molar-refractivity contribution in [3.63, 3.8) is 0 Å². The lowest BCUT2D eigenvalue weighted by Gasteiger charge is -2.11. The topological polar surface area (TPSA) is 49.2 Å². The standard InChI is InChI=1S/C8H13N3OS/c1-5-3-11(4-7(5)12)8-10-9-6(2)13-8/h5,7,12H,3-4H2,1-2H3. The molecular weight excluding hydrogens is 186 g/mol. The van der Waals surface area contributed by atoms with Crippen molar-refractivity contribution in [2.75, 3.05) is 18.0 Å². The van der Waals surface area contributed by atoms with Crippen LogP contribution in [-0.2, 0) is 0 Å². The van der Waals surface area contributed by atoms with Crippen molar-refractivity contribution in [1.29, 1.82) is 0 Å². The summed E-state index contributed by atoms with van der Waals surface area (Å²) in [6.07, 6.45) is -0.218. The lowest BCUT2D eigenvalue weighted by Crippen LogP contribution is -2.20. The van der Waals surface area contributed by atoms with E-state index in [1.54, 1.807) is 11.3 Å². The first-order valence-electron chi connectivity index (χ1n) is 4.40. The number of β-amino-alcohol motifs (C(OH)–C–C–N with tert-alkyl or cyclic N) is 1. The predicted octanol–water partition coefficient (Wildman–Crippen LogP) is 0.664. The average molecular weight is 199 g/mol. The fraction of sp³-hybridized carbons (Fsp3) is 0.750. The molecule has 1 aromatic heterocycles. The molecule has 1 fully saturated rings. The molecule has 4 nitrogen and oxygen atoms in total. The Morgan fingerprint density at radius 2 is 2.23 bits per heavy atom. The van der Waals surface area contributed by atoms with Crippen LogP contribution in [0.5, 0.6) is 0 Å². The van der Waals surface area contributed by atoms with Crippen LogP contribution < -0.4 is 4.90 Å². The molecule has 13 heavy (non-hydrogen) atoms. The van der Waals surface area contributed by atoms with Crippen molar-refractivity contribution in [2.45, 2.75) is 20.0 Å². The van der Waals surface area contributed by atoms with E-state index < -0.39 is 0 Å². The number of nitrogens with zero attached hydrogens (tertiary/aromatic N) is 3. The van der Waals surface area contributed by atoms with Gasteiger partial charge in [0.05, 0.1) is 6.10 Å². The smallest absolute Gasteiger partial charge is 0.208 e. The number of aryl methyl sites for hydroxylation is 1. The minimum atomic E-state index is -0.218. The van der Waals surface area contributed by atoms with Crippen molar-refractivity contribution >= 4 is 16.5 Å². The number of hydrogen-bond acceptors (Lipinski definition) is 5. The Morgan fingerprint density at radius 1 is 1.46 bits per heavy atom. The molecular formula is C8H13N3OS. The van der Waals surface area contributed by atoms with Crippen molar-refractivity contribution < 1.29 is 5.11 Å². The number of rotatable bonds is 1. The number of aliphatic hydroxyl groups excluding tert-OH is 1. The second-order valence-electron chi connectivity index (χ2n) is 3.55. The molecule has 1 aliphatic rings. The summed E-state index contributed by atoms with van der Waals surface area (Å²) in [5.74, 6) is 0.337. The second-order valence-corrected chi connectivity index (χ2v) is 4.71. The summed E-state index contributed by atoms with van der Waals surface area (Å²) in [7, 11) is 0. The highest BCUT2D eigenvalue weighted by Gasteiger charge is 2.29. The van der Waals surface area contributed by atoms with Crippen LogP contribution in [0.3, 0.4) is 0 Å². The van der Waals surface area contributed by atoms with E-state index >= 15 is 0 Å². The first kappa shape index (κ1) is 8.90. The summed E-state index contributed by atoms with van der Waals surface area (Å²) in [4.78, 5) is 2.10. The van der Waals surface area contributed by atoms with E-state index in [2.05, 4.69) is 22.0 Å². The van der Waals surface area contributed by atoms with Gasteiger partial charge in [0, 0.05) is 19.0 Å². The van der Waals surface area contributed by atoms with Gasteiger partial charge in [0.2, 0.25) is 5.13 Å². The van der Waals surface area contributed by atoms with Crippen LogP contribution >= 0.6 is 11.3 Å². The van der Waals surface area contributed by atoms with Gasteiger partial charge >= 0.3 is 0 Å². The first-order chi connectivity index (χ1) is 6.16. The fourth-order valence-corrected chi connectivity index (χ4v) is 2.23. The maximum Gasteiger partial charge on any atom is 0.208 e. The van der Waals surface area contributed by atoms with Crippen molar-refractivity contribution in [2.24, 2.45) is 5.92 Å². The van der Waals surface area contributed by atoms with E-state index in [1.165, 1.54) is 0 Å². The van der Waals surface area contributed by atoms with Gasteiger partial charge < -0.3 is 10.0 Å². The van der Waals surface area contributed by atoms with Gasteiger partial charge in [-0.2, -0.15) is 0 Å². The number of aromatic nitrogens is 2. The molecule has 72 valence electrons. The third-order valence-electron chi connectivity index (χ3n) is 2.36. The van der Waals surface area contributed by atoms with Gasteiger partial charge in [-0.3, -0.25) is 0 Å². The Labute approximate surface area is 81.2 Å². The Morgan fingerprint density at radius 3 is 2.69 bits per heavy atom. The Kier molecular flexibility index (Phi) is 2.21. The van der Waals surface area contributed by atoms with Crippen LogP contribution in [0.4, 0.5) is 5.13 Å². The highest BCUT2D eigenvalue weighted by atomic mass is 32.1. The van der Waals surface area contributed by atoms with E-state index in [-0.39, 0.29) is 6.10 Å². The molecule has 1 N–H and O–H groups in total. The SMILES string of the molecule is Cc1nnc(N2CC(C)C(O)C2)s1. The average Bonchev–Trinajstić information content (AvgIpc) is 2.61. The zero-order valence-corrected chi connectivity index (χ0v) is 8.58. The van der Waals surface area contributed by atoms with E-state index in [1.807, 2.05) is 6.92 Å². The number of hydrogen-bond donors (Lipinski definition) is 1. The minimum Gasteiger partial charge on any atom is -0.391 e. The normalized spacial score (nSPS) is 28.4. The Bertz CT molecular complexity index is 291. The summed E-state index contributed by atoms with van der Waals surface area (Å²) in [6, 6.07) is 0. The lowest BCUT2D eigenvalue weighted by molar-refractivity contribution is 0.157. The van der Waals surface area contributed by atoms with Crippen molar-refractivity contribution in [3.05, 3.63) is 5.01 Å². The van der Waals surface area contributed by atoms with Crippen LogP contribution in [0.15, 0.2) is 0 Å². The first-order valence-corrected chi connectivity index (χ1v) is 5.21. The Balaban J connectivity index is 2.11. The summed E-state index contributed by atoms with van der Waals surface area (Å²) in [5.41, 5.74) is 0. The highest BCUT2D eigenvalue weighted by molar-refractivity contribution is 7.15. The molecule has 0 saturated carbocycles. The van der Waals surface area contributed by atoms with Crippen LogP contribution in [0, 0.1) is 12.8 Å². The molecule has 0 radical (unpaired) electrons. The zero-order chi connectivity index (χ0) is 9.42. The summed E-state index contributed by atoms with van der Waals surface area (Å²) in [6.45, 7) is 5.57. The van der Waals surface area contributed by atoms with E-state index in [0.29, 0.717) is 12.5 Å². The third-order valence-corrected chi connectivity index (χ3v) is 3.26. The number of aliphatic hydroxyl groups is 1. The van der Waals surface area contributed by atoms with Gasteiger partial charge in [-0.15, -0.1) is 10.2 Å². The molecule has 2 rings (SSSR count). The molecule has 2 heterocycles. The maximum absolute atomic E-state index is 9.55. The van der Waals surface area contributed by atoms with Gasteiger partial charge in [-0.05, 0) is 6.92 Å². The maximum atomic E-state index is 9.55. The van der Waals surface area contributed by atoms with E-state index in [4.69, 9.17) is 0 Å². The molecule has 0 amide bonds. The molecule has 2 atom stereocenters.